The Hall–Kier alpha value is -4.52. The number of carbonyl (C=O) groups excluding carboxylic acids is 5. The van der Waals surface area contributed by atoms with Crippen molar-refractivity contribution >= 4 is 56.9 Å². The standard InChI is InChI=1S/C31H31N5O7S/c1-31(16-5-6-16,29-34-25-22(43-14-15-3-4-15)12-18(42-2)13-23(25)44-29)35-30(41)32-17-7-8-19-20(11-17)28(40)36(27(19)39)21-9-10-24(37)33-26(21)38/h7-8,11-13,15-16,21H,3-6,9-10,14H2,1-2H3,(H2,32,35,41)(H,33,37,38)/t21?,31-/m1/s1. The third-order valence-corrected chi connectivity index (χ3v) is 9.99. The number of hydrogen-bond acceptors (Lipinski definition) is 9. The zero-order chi connectivity index (χ0) is 30.7. The van der Waals surface area contributed by atoms with Crippen molar-refractivity contribution in [2.75, 3.05) is 19.0 Å². The van der Waals surface area contributed by atoms with E-state index in [4.69, 9.17) is 14.5 Å². The lowest BCUT2D eigenvalue weighted by Crippen LogP contribution is -2.54. The summed E-state index contributed by atoms with van der Waals surface area (Å²) in [4.78, 5) is 69.4. The summed E-state index contributed by atoms with van der Waals surface area (Å²) in [6.45, 7) is 2.60. The highest BCUT2D eigenvalue weighted by Crippen LogP contribution is 2.48. The van der Waals surface area contributed by atoms with Gasteiger partial charge in [0.05, 0.1) is 35.1 Å². The first-order valence-electron chi connectivity index (χ1n) is 14.7. The minimum atomic E-state index is -1.06. The Bertz CT molecular complexity index is 1750. The van der Waals surface area contributed by atoms with E-state index in [-0.39, 0.29) is 29.9 Å². The number of nitrogens with zero attached hydrogens (tertiary/aromatic N) is 2. The van der Waals surface area contributed by atoms with Crippen molar-refractivity contribution in [2.45, 2.75) is 57.0 Å². The molecule has 2 aliphatic heterocycles. The number of carbonyl (C=O) groups is 5. The van der Waals surface area contributed by atoms with Crippen LogP contribution in [-0.4, -0.2) is 59.3 Å². The Labute approximate surface area is 256 Å². The molecular weight excluding hydrogens is 586 g/mol. The molecule has 0 bridgehead atoms. The Kier molecular flexibility index (Phi) is 6.80. The van der Waals surface area contributed by atoms with Gasteiger partial charge < -0.3 is 20.1 Å². The minimum absolute atomic E-state index is 0.0353. The number of aromatic nitrogens is 1. The molecule has 1 unspecified atom stereocenters. The smallest absolute Gasteiger partial charge is 0.320 e. The summed E-state index contributed by atoms with van der Waals surface area (Å²) >= 11 is 1.49. The van der Waals surface area contributed by atoms with E-state index in [1.165, 1.54) is 36.3 Å². The normalized spacial score (nSPS) is 21.1. The third kappa shape index (κ3) is 5.04. The zero-order valence-corrected chi connectivity index (χ0v) is 25.0. The Balaban J connectivity index is 1.10. The second kappa shape index (κ2) is 10.6. The maximum atomic E-state index is 13.4. The number of fused-ring (bicyclic) bond motifs is 2. The third-order valence-electron chi connectivity index (χ3n) is 8.75. The van der Waals surface area contributed by atoms with Gasteiger partial charge in [0.2, 0.25) is 11.8 Å². The first-order chi connectivity index (χ1) is 21.1. The van der Waals surface area contributed by atoms with Gasteiger partial charge in [-0.2, -0.15) is 0 Å². The quantitative estimate of drug-likeness (QED) is 0.305. The van der Waals surface area contributed by atoms with Crippen molar-refractivity contribution < 1.29 is 33.4 Å². The molecule has 1 saturated heterocycles. The number of amides is 6. The number of urea groups is 1. The largest absolute Gasteiger partial charge is 0.497 e. The van der Waals surface area contributed by atoms with Gasteiger partial charge >= 0.3 is 6.03 Å². The molecule has 44 heavy (non-hydrogen) atoms. The van der Waals surface area contributed by atoms with Crippen LogP contribution in [0, 0.1) is 11.8 Å². The number of ether oxygens (including phenoxy) is 2. The molecule has 228 valence electrons. The van der Waals surface area contributed by atoms with Crippen molar-refractivity contribution in [1.29, 1.82) is 0 Å². The molecule has 3 fully saturated rings. The molecule has 2 saturated carbocycles. The molecule has 2 aromatic carbocycles. The molecular formula is C31H31N5O7S. The van der Waals surface area contributed by atoms with Crippen molar-refractivity contribution in [3.8, 4) is 11.5 Å². The van der Waals surface area contributed by atoms with E-state index < -0.39 is 41.2 Å². The van der Waals surface area contributed by atoms with Gasteiger partial charge in [-0.1, -0.05) is 0 Å². The number of piperidine rings is 1. The van der Waals surface area contributed by atoms with Gasteiger partial charge in [0.1, 0.15) is 28.1 Å². The summed E-state index contributed by atoms with van der Waals surface area (Å²) in [6, 6.07) is 6.66. The van der Waals surface area contributed by atoms with Crippen LogP contribution in [0.1, 0.15) is 71.2 Å². The van der Waals surface area contributed by atoms with Crippen molar-refractivity contribution in [3.05, 3.63) is 46.5 Å². The van der Waals surface area contributed by atoms with E-state index in [0.717, 1.165) is 33.0 Å². The monoisotopic (exact) mass is 617 g/mol. The first-order valence-corrected chi connectivity index (χ1v) is 15.5. The van der Waals surface area contributed by atoms with Crippen molar-refractivity contribution in [3.63, 3.8) is 0 Å². The van der Waals surface area contributed by atoms with Crippen LogP contribution in [0.4, 0.5) is 10.5 Å². The van der Waals surface area contributed by atoms with Gasteiger partial charge in [-0.3, -0.25) is 29.4 Å². The van der Waals surface area contributed by atoms with Crippen LogP contribution in [0.2, 0.25) is 0 Å². The molecule has 4 aliphatic rings. The van der Waals surface area contributed by atoms with Crippen LogP contribution in [-0.2, 0) is 15.1 Å². The van der Waals surface area contributed by atoms with E-state index in [1.54, 1.807) is 13.2 Å². The number of imide groups is 2. The summed E-state index contributed by atoms with van der Waals surface area (Å²) in [5, 5.41) is 8.87. The maximum absolute atomic E-state index is 13.4. The van der Waals surface area contributed by atoms with Crippen LogP contribution >= 0.6 is 11.3 Å². The van der Waals surface area contributed by atoms with E-state index in [2.05, 4.69) is 16.0 Å². The minimum Gasteiger partial charge on any atom is -0.497 e. The summed E-state index contributed by atoms with van der Waals surface area (Å²) in [6.07, 6.45) is 4.31. The number of nitrogens with one attached hydrogen (secondary N) is 3. The van der Waals surface area contributed by atoms with Gasteiger partial charge in [0.15, 0.2) is 0 Å². The average Bonchev–Trinajstić information content (AvgIpc) is 3.93. The molecule has 12 nitrogen and oxygen atoms in total. The number of hydrogen-bond donors (Lipinski definition) is 3. The molecule has 13 heteroatoms. The SMILES string of the molecule is COc1cc(OCC2CC2)c2nc([C@](C)(NC(=O)Nc3ccc4c(c3)C(=O)N(C3CCC(=O)NC3=O)C4=O)C3CC3)sc2c1. The summed E-state index contributed by atoms with van der Waals surface area (Å²) < 4.78 is 12.5. The number of anilines is 1. The molecule has 3 N–H and O–H groups in total. The van der Waals surface area contributed by atoms with Gasteiger partial charge in [-0.05, 0) is 75.1 Å². The molecule has 0 spiro atoms. The maximum Gasteiger partial charge on any atom is 0.320 e. The van der Waals surface area contributed by atoms with Crippen LogP contribution in [0.3, 0.4) is 0 Å². The number of thiazole rings is 1. The predicted octanol–water partition coefficient (Wildman–Crippen LogP) is 3.94. The number of benzene rings is 2. The van der Waals surface area contributed by atoms with Crippen molar-refractivity contribution in [1.82, 2.24) is 20.5 Å². The first kappa shape index (κ1) is 28.3. The van der Waals surface area contributed by atoms with Gasteiger partial charge in [-0.25, -0.2) is 9.78 Å². The molecule has 3 heterocycles. The van der Waals surface area contributed by atoms with Crippen LogP contribution < -0.4 is 25.4 Å². The topological polar surface area (TPSA) is 156 Å². The van der Waals surface area contributed by atoms with Crippen LogP contribution in [0.5, 0.6) is 11.5 Å². The molecule has 2 atom stereocenters. The second-order valence-corrected chi connectivity index (χ2v) is 13.0. The highest BCUT2D eigenvalue weighted by molar-refractivity contribution is 7.18. The second-order valence-electron chi connectivity index (χ2n) is 12.0. The average molecular weight is 618 g/mol. The highest BCUT2D eigenvalue weighted by Gasteiger charge is 2.47. The fourth-order valence-corrected chi connectivity index (χ4v) is 7.05. The molecule has 3 aromatic rings. The highest BCUT2D eigenvalue weighted by atomic mass is 32.1. The van der Waals surface area contributed by atoms with Crippen LogP contribution in [0.25, 0.3) is 10.2 Å². The fourth-order valence-electron chi connectivity index (χ4n) is 5.85. The lowest BCUT2D eigenvalue weighted by molar-refractivity contribution is -0.136. The lowest BCUT2D eigenvalue weighted by atomic mass is 9.97. The van der Waals surface area contributed by atoms with Gasteiger partial charge in [0, 0.05) is 18.2 Å². The molecule has 0 radical (unpaired) electrons. The Morgan fingerprint density at radius 1 is 1.07 bits per heavy atom. The lowest BCUT2D eigenvalue weighted by Gasteiger charge is -2.29. The summed E-state index contributed by atoms with van der Waals surface area (Å²) in [7, 11) is 1.61. The van der Waals surface area contributed by atoms with E-state index in [0.29, 0.717) is 29.7 Å². The Morgan fingerprint density at radius 3 is 2.55 bits per heavy atom. The molecule has 7 rings (SSSR count). The van der Waals surface area contributed by atoms with Gasteiger partial charge in [0.25, 0.3) is 11.8 Å². The summed E-state index contributed by atoms with van der Waals surface area (Å²) in [5.41, 5.74) is 0.512. The Morgan fingerprint density at radius 2 is 1.84 bits per heavy atom. The van der Waals surface area contributed by atoms with Crippen LogP contribution in [0.15, 0.2) is 30.3 Å². The van der Waals surface area contributed by atoms with Crippen molar-refractivity contribution in [2.24, 2.45) is 11.8 Å². The molecule has 2 aliphatic carbocycles. The number of methoxy groups -OCH3 is 1. The number of rotatable bonds is 9. The summed E-state index contributed by atoms with van der Waals surface area (Å²) in [5.74, 6) is -0.259. The van der Waals surface area contributed by atoms with E-state index in [1.807, 2.05) is 19.1 Å². The molecule has 1 aromatic heterocycles. The predicted molar refractivity (Wildman–Crippen MR) is 160 cm³/mol. The zero-order valence-electron chi connectivity index (χ0n) is 24.2. The van der Waals surface area contributed by atoms with E-state index >= 15 is 0 Å². The van der Waals surface area contributed by atoms with Gasteiger partial charge in [-0.15, -0.1) is 11.3 Å². The molecule has 6 amide bonds. The van der Waals surface area contributed by atoms with E-state index in [9.17, 15) is 24.0 Å². The fraction of sp³-hybridized carbons (Fsp3) is 0.419.